The molecule has 1 fully saturated rings. The number of hydrogen-bond donors (Lipinski definition) is 2. The van der Waals surface area contributed by atoms with Gasteiger partial charge in [0.05, 0.1) is 5.56 Å². The molecule has 1 aliphatic carbocycles. The van der Waals surface area contributed by atoms with Gasteiger partial charge < -0.3 is 14.8 Å². The molecule has 26 heavy (non-hydrogen) atoms. The minimum absolute atomic E-state index is 0.0570. The summed E-state index contributed by atoms with van der Waals surface area (Å²) in [7, 11) is 0. The molecule has 0 heterocycles. The quantitative estimate of drug-likeness (QED) is 0.743. The van der Waals surface area contributed by atoms with Gasteiger partial charge in [0.1, 0.15) is 5.75 Å². The first-order valence-electron chi connectivity index (χ1n) is 7.76. The van der Waals surface area contributed by atoms with E-state index in [0.717, 1.165) is 31.0 Å². The largest absolute Gasteiger partial charge is 0.482 e. The molecule has 1 aromatic rings. The molecule has 2 rings (SSSR count). The van der Waals surface area contributed by atoms with Crippen molar-refractivity contribution in [1.29, 1.82) is 0 Å². The maximum absolute atomic E-state index is 12.6. The molecule has 0 aromatic heterocycles. The van der Waals surface area contributed by atoms with Crippen LogP contribution in [0, 0.1) is 0 Å². The van der Waals surface area contributed by atoms with Crippen molar-refractivity contribution in [2.45, 2.75) is 38.1 Å². The lowest BCUT2D eigenvalue weighted by molar-refractivity contribution is -0.156. The van der Waals surface area contributed by atoms with Crippen LogP contribution in [0.1, 0.15) is 25.3 Å². The van der Waals surface area contributed by atoms with E-state index in [1.807, 2.05) is 5.32 Å². The van der Waals surface area contributed by atoms with Gasteiger partial charge in [0.15, 0.2) is 12.7 Å². The molecule has 0 aliphatic heterocycles. The molecule has 3 amide bonds. The molecule has 142 valence electrons. The Morgan fingerprint density at radius 1 is 1.27 bits per heavy atom. The molecule has 1 aromatic carbocycles. The van der Waals surface area contributed by atoms with Crippen molar-refractivity contribution in [3.8, 4) is 5.75 Å². The third-order valence-corrected chi connectivity index (χ3v) is 3.34. The van der Waals surface area contributed by atoms with Gasteiger partial charge in [0.2, 0.25) is 0 Å². The number of hydrogen-bond acceptors (Lipinski definition) is 5. The Morgan fingerprint density at radius 3 is 2.58 bits per heavy atom. The second-order valence-electron chi connectivity index (χ2n) is 5.68. The summed E-state index contributed by atoms with van der Waals surface area (Å²) in [6, 6.07) is 3.37. The highest BCUT2D eigenvalue weighted by molar-refractivity contribution is 5.97. The van der Waals surface area contributed by atoms with Crippen LogP contribution in [-0.2, 0) is 20.5 Å². The van der Waals surface area contributed by atoms with Crippen molar-refractivity contribution < 1.29 is 37.0 Å². The second-order valence-corrected chi connectivity index (χ2v) is 5.68. The first-order chi connectivity index (χ1) is 12.1. The SMILES string of the molecule is CC(OC(=O)COc1cccc(C(F)(F)F)c1)C(=O)NC(=O)NC1CC1. The van der Waals surface area contributed by atoms with Crippen LogP contribution in [0.3, 0.4) is 0 Å². The highest BCUT2D eigenvalue weighted by Crippen LogP contribution is 2.31. The predicted octanol–water partition coefficient (Wildman–Crippen LogP) is 2.00. The number of halogens is 3. The van der Waals surface area contributed by atoms with Gasteiger partial charge >= 0.3 is 18.2 Å². The third-order valence-electron chi connectivity index (χ3n) is 3.34. The fraction of sp³-hybridized carbons (Fsp3) is 0.438. The molecule has 0 radical (unpaired) electrons. The van der Waals surface area contributed by atoms with Crippen LogP contribution in [0.2, 0.25) is 0 Å². The van der Waals surface area contributed by atoms with Crippen LogP contribution in [0.15, 0.2) is 24.3 Å². The summed E-state index contributed by atoms with van der Waals surface area (Å²) >= 11 is 0. The zero-order chi connectivity index (χ0) is 19.3. The summed E-state index contributed by atoms with van der Waals surface area (Å²) < 4.78 is 47.5. The Hall–Kier alpha value is -2.78. The fourth-order valence-electron chi connectivity index (χ4n) is 1.85. The van der Waals surface area contributed by atoms with Gasteiger partial charge in [-0.05, 0) is 38.0 Å². The summed E-state index contributed by atoms with van der Waals surface area (Å²) in [6.07, 6.45) is -4.11. The average molecular weight is 374 g/mol. The van der Waals surface area contributed by atoms with Gasteiger partial charge in [0.25, 0.3) is 5.91 Å². The van der Waals surface area contributed by atoms with Crippen molar-refractivity contribution in [2.75, 3.05) is 6.61 Å². The average Bonchev–Trinajstić information content (AvgIpc) is 3.36. The van der Waals surface area contributed by atoms with E-state index in [0.29, 0.717) is 0 Å². The normalized spacial score (nSPS) is 14.9. The molecular formula is C16H17F3N2O5. The number of ether oxygens (including phenoxy) is 2. The molecule has 1 saturated carbocycles. The van der Waals surface area contributed by atoms with Gasteiger partial charge in [-0.2, -0.15) is 13.2 Å². The van der Waals surface area contributed by atoms with Crippen LogP contribution >= 0.6 is 0 Å². The molecule has 1 unspecified atom stereocenters. The van der Waals surface area contributed by atoms with Crippen LogP contribution in [-0.4, -0.2) is 36.7 Å². The molecule has 10 heteroatoms. The zero-order valence-electron chi connectivity index (χ0n) is 13.8. The van der Waals surface area contributed by atoms with E-state index in [-0.39, 0.29) is 11.8 Å². The number of benzene rings is 1. The van der Waals surface area contributed by atoms with Crippen molar-refractivity contribution in [2.24, 2.45) is 0 Å². The monoisotopic (exact) mass is 374 g/mol. The predicted molar refractivity (Wildman–Crippen MR) is 82.2 cm³/mol. The molecule has 0 spiro atoms. The van der Waals surface area contributed by atoms with Crippen LogP contribution in [0.5, 0.6) is 5.75 Å². The summed E-state index contributed by atoms with van der Waals surface area (Å²) in [5.74, 6) is -1.96. The summed E-state index contributed by atoms with van der Waals surface area (Å²) in [5.41, 5.74) is -0.919. The van der Waals surface area contributed by atoms with Gasteiger partial charge in [0, 0.05) is 6.04 Å². The molecule has 2 N–H and O–H groups in total. The molecular weight excluding hydrogens is 357 g/mol. The molecule has 1 atom stereocenters. The van der Waals surface area contributed by atoms with Gasteiger partial charge in [-0.25, -0.2) is 9.59 Å². The number of esters is 1. The Morgan fingerprint density at radius 2 is 1.96 bits per heavy atom. The Labute approximate surface area is 146 Å². The lowest BCUT2D eigenvalue weighted by Crippen LogP contribution is -2.45. The number of urea groups is 1. The first kappa shape index (κ1) is 19.5. The van der Waals surface area contributed by atoms with E-state index >= 15 is 0 Å². The lowest BCUT2D eigenvalue weighted by Gasteiger charge is -2.14. The number of alkyl halides is 3. The van der Waals surface area contributed by atoms with Crippen LogP contribution in [0.4, 0.5) is 18.0 Å². The molecule has 7 nitrogen and oxygen atoms in total. The van der Waals surface area contributed by atoms with E-state index in [9.17, 15) is 27.6 Å². The van der Waals surface area contributed by atoms with Crippen molar-refractivity contribution >= 4 is 17.9 Å². The minimum atomic E-state index is -4.53. The molecule has 0 saturated heterocycles. The Bertz CT molecular complexity index is 689. The maximum Gasteiger partial charge on any atom is 0.416 e. The maximum atomic E-state index is 12.6. The number of carbonyl (C=O) groups excluding carboxylic acids is 3. The lowest BCUT2D eigenvalue weighted by atomic mass is 10.2. The third kappa shape index (κ3) is 6.26. The molecule has 0 bridgehead atoms. The smallest absolute Gasteiger partial charge is 0.416 e. The van der Waals surface area contributed by atoms with Crippen LogP contribution in [0.25, 0.3) is 0 Å². The van der Waals surface area contributed by atoms with E-state index in [4.69, 9.17) is 9.47 Å². The number of amides is 3. The van der Waals surface area contributed by atoms with Gasteiger partial charge in [-0.15, -0.1) is 0 Å². The van der Waals surface area contributed by atoms with Crippen molar-refractivity contribution in [1.82, 2.24) is 10.6 Å². The number of nitrogens with one attached hydrogen (secondary N) is 2. The second kappa shape index (κ2) is 8.07. The van der Waals surface area contributed by atoms with Crippen LogP contribution < -0.4 is 15.4 Å². The van der Waals surface area contributed by atoms with E-state index in [1.54, 1.807) is 0 Å². The topological polar surface area (TPSA) is 93.7 Å². The van der Waals surface area contributed by atoms with E-state index in [2.05, 4.69) is 5.32 Å². The standard InChI is InChI=1S/C16H17F3N2O5/c1-9(14(23)21-15(24)20-11-5-6-11)26-13(22)8-25-12-4-2-3-10(7-12)16(17,18)19/h2-4,7,9,11H,5-6,8H2,1H3,(H2,20,21,23,24). The highest BCUT2D eigenvalue weighted by atomic mass is 19.4. The number of carbonyl (C=O) groups is 3. The first-order valence-corrected chi connectivity index (χ1v) is 7.76. The van der Waals surface area contributed by atoms with Gasteiger partial charge in [-0.1, -0.05) is 6.07 Å². The van der Waals surface area contributed by atoms with E-state index in [1.165, 1.54) is 13.0 Å². The minimum Gasteiger partial charge on any atom is -0.482 e. The summed E-state index contributed by atoms with van der Waals surface area (Å²) in [6.45, 7) is 0.565. The van der Waals surface area contributed by atoms with Crippen molar-refractivity contribution in [3.63, 3.8) is 0 Å². The number of rotatable bonds is 6. The fourth-order valence-corrected chi connectivity index (χ4v) is 1.85. The van der Waals surface area contributed by atoms with Crippen molar-refractivity contribution in [3.05, 3.63) is 29.8 Å². The van der Waals surface area contributed by atoms with E-state index < -0.39 is 42.4 Å². The molecule has 1 aliphatic rings. The Kier molecular flexibility index (Phi) is 6.06. The summed E-state index contributed by atoms with van der Waals surface area (Å²) in [4.78, 5) is 34.8. The summed E-state index contributed by atoms with van der Waals surface area (Å²) in [5, 5.41) is 4.55. The Balaban J connectivity index is 1.77. The number of imide groups is 1. The zero-order valence-corrected chi connectivity index (χ0v) is 13.8. The highest BCUT2D eigenvalue weighted by Gasteiger charge is 2.30. The van der Waals surface area contributed by atoms with Gasteiger partial charge in [-0.3, -0.25) is 10.1 Å².